The average molecular weight is 877 g/mol. The number of hydrogen-bond donors (Lipinski definition) is 0. The third-order valence-electron chi connectivity index (χ3n) is 10.9. The van der Waals surface area contributed by atoms with E-state index in [1.165, 1.54) is 103 Å². The van der Waals surface area contributed by atoms with Crippen molar-refractivity contribution in [2.75, 3.05) is 13.2 Å². The van der Waals surface area contributed by atoms with E-state index in [-0.39, 0.29) is 37.5 Å². The second-order valence-corrected chi connectivity index (χ2v) is 17.1. The highest BCUT2D eigenvalue weighted by molar-refractivity contribution is 5.71. The quantitative estimate of drug-likeness (QED) is 0.0262. The normalized spacial score (nSPS) is 12.7. The van der Waals surface area contributed by atoms with Crippen LogP contribution in [0, 0.1) is 0 Å². The standard InChI is InChI=1S/C57H96O6/c1-4-7-10-13-16-19-22-24-26-27-28-29-31-32-35-38-41-44-47-50-56(59)62-53-54(52-61-55(58)49-46-43-40-37-34-21-18-15-12-9-6-3)63-57(60)51-48-45-42-39-36-33-30-25-23-20-17-14-11-8-5-2/h15-16,18-19,24-26,28-30,32,35,41,44,54H,4-14,17,20-23,27,31,33-34,36-40,42-43,45-53H2,1-3H3/b18-15-,19-16-,26-24-,29-28-,30-25-,35-32-,44-41-/t54-/m0/s1. The van der Waals surface area contributed by atoms with Crippen LogP contribution in [0.25, 0.3) is 0 Å². The molecule has 0 aliphatic rings. The number of carbonyl (C=O) groups excluding carboxylic acids is 3. The summed E-state index contributed by atoms with van der Waals surface area (Å²) >= 11 is 0. The summed E-state index contributed by atoms with van der Waals surface area (Å²) in [6.07, 6.45) is 65.8. The molecule has 0 spiro atoms. The van der Waals surface area contributed by atoms with Gasteiger partial charge in [-0.1, -0.05) is 202 Å². The topological polar surface area (TPSA) is 78.9 Å². The second-order valence-electron chi connectivity index (χ2n) is 17.1. The van der Waals surface area contributed by atoms with Gasteiger partial charge >= 0.3 is 17.9 Å². The number of ether oxygens (including phenoxy) is 3. The van der Waals surface area contributed by atoms with Crippen LogP contribution in [0.5, 0.6) is 0 Å². The summed E-state index contributed by atoms with van der Waals surface area (Å²) in [5.41, 5.74) is 0. The average Bonchev–Trinajstić information content (AvgIpc) is 3.28. The summed E-state index contributed by atoms with van der Waals surface area (Å²) in [6, 6.07) is 0. The summed E-state index contributed by atoms with van der Waals surface area (Å²) in [5, 5.41) is 0. The van der Waals surface area contributed by atoms with Gasteiger partial charge < -0.3 is 14.2 Å². The molecule has 0 saturated heterocycles. The molecule has 0 N–H and O–H groups in total. The molecular formula is C57H96O6. The van der Waals surface area contributed by atoms with Gasteiger partial charge in [-0.25, -0.2) is 0 Å². The lowest BCUT2D eigenvalue weighted by atomic mass is 10.1. The predicted molar refractivity (Wildman–Crippen MR) is 270 cm³/mol. The molecule has 0 unspecified atom stereocenters. The van der Waals surface area contributed by atoms with Crippen LogP contribution in [0.2, 0.25) is 0 Å². The van der Waals surface area contributed by atoms with Crippen molar-refractivity contribution >= 4 is 17.9 Å². The Kier molecular flexibility index (Phi) is 48.5. The Labute approximate surface area is 388 Å². The highest BCUT2D eigenvalue weighted by Crippen LogP contribution is 2.13. The summed E-state index contributed by atoms with van der Waals surface area (Å²) in [6.45, 7) is 6.48. The maximum absolute atomic E-state index is 12.8. The summed E-state index contributed by atoms with van der Waals surface area (Å²) in [4.78, 5) is 37.9. The Morgan fingerprint density at radius 1 is 0.317 bits per heavy atom. The van der Waals surface area contributed by atoms with Gasteiger partial charge in [-0.2, -0.15) is 0 Å². The van der Waals surface area contributed by atoms with Gasteiger partial charge in [0, 0.05) is 19.3 Å². The molecular weight excluding hydrogens is 781 g/mol. The monoisotopic (exact) mass is 877 g/mol. The van der Waals surface area contributed by atoms with Gasteiger partial charge in [0.25, 0.3) is 0 Å². The van der Waals surface area contributed by atoms with E-state index in [1.54, 1.807) is 0 Å². The number of carbonyl (C=O) groups is 3. The molecule has 0 amide bonds. The molecule has 0 aliphatic carbocycles. The lowest BCUT2D eigenvalue weighted by Crippen LogP contribution is -2.30. The van der Waals surface area contributed by atoms with Gasteiger partial charge in [0.05, 0.1) is 0 Å². The minimum Gasteiger partial charge on any atom is -0.462 e. The van der Waals surface area contributed by atoms with Gasteiger partial charge in [-0.15, -0.1) is 0 Å². The van der Waals surface area contributed by atoms with Crippen molar-refractivity contribution in [2.24, 2.45) is 0 Å². The van der Waals surface area contributed by atoms with Crippen LogP contribution in [0.1, 0.15) is 239 Å². The highest BCUT2D eigenvalue weighted by atomic mass is 16.6. The van der Waals surface area contributed by atoms with Crippen molar-refractivity contribution in [1.29, 1.82) is 0 Å². The van der Waals surface area contributed by atoms with E-state index in [0.717, 1.165) is 89.9 Å². The number of rotatable bonds is 46. The van der Waals surface area contributed by atoms with E-state index in [2.05, 4.69) is 99.8 Å². The molecule has 0 aromatic carbocycles. The van der Waals surface area contributed by atoms with Gasteiger partial charge in [-0.3, -0.25) is 14.4 Å². The molecule has 360 valence electrons. The SMILES string of the molecule is CCCC/C=C\CCCCCCCC(=O)OC[C@@H](COC(=O)CC/C=C\C/C=C\C/C=C\C/C=C\C/C=C\CCCCC)OC(=O)CCCCCCC/C=C\CCCCCCCC. The highest BCUT2D eigenvalue weighted by Gasteiger charge is 2.19. The van der Waals surface area contributed by atoms with Crippen molar-refractivity contribution in [3.8, 4) is 0 Å². The molecule has 1 atom stereocenters. The van der Waals surface area contributed by atoms with Crippen molar-refractivity contribution in [3.63, 3.8) is 0 Å². The van der Waals surface area contributed by atoms with E-state index in [1.807, 2.05) is 6.08 Å². The largest absolute Gasteiger partial charge is 0.462 e. The van der Waals surface area contributed by atoms with Gasteiger partial charge in [0.1, 0.15) is 13.2 Å². The Morgan fingerprint density at radius 3 is 1.08 bits per heavy atom. The summed E-state index contributed by atoms with van der Waals surface area (Å²) < 4.78 is 16.7. The predicted octanol–water partition coefficient (Wildman–Crippen LogP) is 17.2. The smallest absolute Gasteiger partial charge is 0.306 e. The molecule has 0 radical (unpaired) electrons. The lowest BCUT2D eigenvalue weighted by molar-refractivity contribution is -0.166. The molecule has 0 aliphatic heterocycles. The zero-order valence-electron chi connectivity index (χ0n) is 41.1. The maximum Gasteiger partial charge on any atom is 0.306 e. The van der Waals surface area contributed by atoms with E-state index in [9.17, 15) is 14.4 Å². The first-order chi connectivity index (χ1) is 31.0. The minimum absolute atomic E-state index is 0.108. The first-order valence-corrected chi connectivity index (χ1v) is 26.1. The van der Waals surface area contributed by atoms with Crippen LogP contribution >= 0.6 is 0 Å². The second kappa shape index (κ2) is 51.2. The molecule has 0 aromatic heterocycles. The Balaban J connectivity index is 4.50. The third kappa shape index (κ3) is 49.5. The van der Waals surface area contributed by atoms with Crippen molar-refractivity contribution in [1.82, 2.24) is 0 Å². The van der Waals surface area contributed by atoms with Crippen LogP contribution in [0.4, 0.5) is 0 Å². The van der Waals surface area contributed by atoms with E-state index in [4.69, 9.17) is 14.2 Å². The molecule has 6 heteroatoms. The Bertz CT molecular complexity index is 1240. The van der Waals surface area contributed by atoms with Gasteiger partial charge in [0.2, 0.25) is 0 Å². The molecule has 6 nitrogen and oxygen atoms in total. The summed E-state index contributed by atoms with van der Waals surface area (Å²) in [5.74, 6) is -1.01. The van der Waals surface area contributed by atoms with E-state index < -0.39 is 6.10 Å². The zero-order chi connectivity index (χ0) is 45.8. The van der Waals surface area contributed by atoms with Crippen LogP contribution in [0.3, 0.4) is 0 Å². The molecule has 0 fully saturated rings. The van der Waals surface area contributed by atoms with Crippen LogP contribution in [0.15, 0.2) is 85.1 Å². The lowest BCUT2D eigenvalue weighted by Gasteiger charge is -2.18. The fourth-order valence-electron chi connectivity index (χ4n) is 6.87. The molecule has 0 bridgehead atoms. The third-order valence-corrected chi connectivity index (χ3v) is 10.9. The fourth-order valence-corrected chi connectivity index (χ4v) is 6.87. The van der Waals surface area contributed by atoms with E-state index in [0.29, 0.717) is 19.3 Å². The van der Waals surface area contributed by atoms with Crippen LogP contribution in [-0.4, -0.2) is 37.2 Å². The Morgan fingerprint density at radius 2 is 0.619 bits per heavy atom. The van der Waals surface area contributed by atoms with Crippen molar-refractivity contribution in [3.05, 3.63) is 85.1 Å². The van der Waals surface area contributed by atoms with E-state index >= 15 is 0 Å². The first-order valence-electron chi connectivity index (χ1n) is 26.1. The molecule has 63 heavy (non-hydrogen) atoms. The zero-order valence-corrected chi connectivity index (χ0v) is 41.1. The number of allylic oxidation sites excluding steroid dienone is 14. The summed E-state index contributed by atoms with van der Waals surface area (Å²) in [7, 11) is 0. The molecule has 0 heterocycles. The van der Waals surface area contributed by atoms with Gasteiger partial charge in [-0.05, 0) is 103 Å². The van der Waals surface area contributed by atoms with Crippen molar-refractivity contribution < 1.29 is 28.6 Å². The first kappa shape index (κ1) is 59.6. The molecule has 0 saturated carbocycles. The maximum atomic E-state index is 12.8. The van der Waals surface area contributed by atoms with Crippen LogP contribution < -0.4 is 0 Å². The number of unbranched alkanes of at least 4 members (excludes halogenated alkanes) is 21. The molecule has 0 rings (SSSR count). The minimum atomic E-state index is -0.813. The van der Waals surface area contributed by atoms with Crippen molar-refractivity contribution in [2.45, 2.75) is 245 Å². The van der Waals surface area contributed by atoms with Crippen LogP contribution in [-0.2, 0) is 28.6 Å². The van der Waals surface area contributed by atoms with Gasteiger partial charge in [0.15, 0.2) is 6.10 Å². The Hall–Kier alpha value is -3.41. The molecule has 0 aromatic rings. The number of hydrogen-bond acceptors (Lipinski definition) is 6. The number of esters is 3. The fraction of sp³-hybridized carbons (Fsp3) is 0.702.